The molecule has 0 aromatic heterocycles. The number of hydrogen-bond donors (Lipinski definition) is 0. The highest BCUT2D eigenvalue weighted by Gasteiger charge is 2.43. The number of carbonyl (C=O) groups is 2. The van der Waals surface area contributed by atoms with Crippen LogP contribution in [0.1, 0.15) is 59.7 Å². The summed E-state index contributed by atoms with van der Waals surface area (Å²) in [4.78, 5) is 27.7. The van der Waals surface area contributed by atoms with Crippen molar-refractivity contribution in [2.45, 2.75) is 47.7 Å². The van der Waals surface area contributed by atoms with Gasteiger partial charge in [-0.2, -0.15) is 0 Å². The first kappa shape index (κ1) is 22.9. The summed E-state index contributed by atoms with van der Waals surface area (Å²) in [5.41, 5.74) is 5.50. The highest BCUT2D eigenvalue weighted by Crippen LogP contribution is 2.56. The average Bonchev–Trinajstić information content (AvgIpc) is 2.66. The summed E-state index contributed by atoms with van der Waals surface area (Å²) in [6.45, 7) is 11.3. The van der Waals surface area contributed by atoms with Crippen LogP contribution in [0.25, 0.3) is 0 Å². The zero-order valence-electron chi connectivity index (χ0n) is 19.1. The zero-order chi connectivity index (χ0) is 22.9. The zero-order valence-corrected chi connectivity index (χ0v) is 20.0. The van der Waals surface area contributed by atoms with Crippen molar-refractivity contribution in [3.63, 3.8) is 0 Å². The summed E-state index contributed by atoms with van der Waals surface area (Å²) in [5.74, 6) is 0. The predicted molar refractivity (Wildman–Crippen MR) is 128 cm³/mol. The normalized spacial score (nSPS) is 11.4. The summed E-state index contributed by atoms with van der Waals surface area (Å²) >= 11 is 0. The second kappa shape index (κ2) is 8.77. The van der Waals surface area contributed by atoms with Gasteiger partial charge in [-0.1, -0.05) is 65.7 Å². The molecule has 3 aromatic carbocycles. The minimum absolute atomic E-state index is 0.0784. The van der Waals surface area contributed by atoms with Crippen LogP contribution in [0.4, 0.5) is 0 Å². The molecule has 3 nitrogen and oxygen atoms in total. The fourth-order valence-electron chi connectivity index (χ4n) is 4.47. The van der Waals surface area contributed by atoms with E-state index in [1.807, 2.05) is 96.1 Å². The lowest BCUT2D eigenvalue weighted by molar-refractivity contribution is 0.103. The highest BCUT2D eigenvalue weighted by molar-refractivity contribution is 7.94. The summed E-state index contributed by atoms with van der Waals surface area (Å²) in [7, 11) is -3.98. The second-order valence-corrected chi connectivity index (χ2v) is 11.1. The predicted octanol–water partition coefficient (Wildman–Crippen LogP) is 7.08. The quantitative estimate of drug-likeness (QED) is 0.391. The van der Waals surface area contributed by atoms with Crippen LogP contribution in [0.15, 0.2) is 54.6 Å². The fourth-order valence-corrected chi connectivity index (χ4v) is 7.10. The molecule has 4 heteroatoms. The molecule has 160 valence electrons. The smallest absolute Gasteiger partial charge is 0.229 e. The van der Waals surface area contributed by atoms with E-state index in [2.05, 4.69) is 0 Å². The molecule has 0 saturated heterocycles. The molecular weight excluding hydrogens is 403 g/mol. The number of hydrogen-bond acceptors (Lipinski definition) is 3. The Bertz CT molecular complexity index is 1100. The van der Waals surface area contributed by atoms with Gasteiger partial charge in [0.15, 0.2) is 0 Å². The van der Waals surface area contributed by atoms with Gasteiger partial charge in [-0.25, -0.2) is 0 Å². The summed E-state index contributed by atoms with van der Waals surface area (Å²) in [5, 5.41) is 0. The minimum Gasteiger partial charge on any atom is -0.306 e. The third-order valence-corrected chi connectivity index (χ3v) is 8.26. The first-order valence-corrected chi connectivity index (χ1v) is 12.3. The van der Waals surface area contributed by atoms with Crippen LogP contribution < -0.4 is 0 Å². The molecule has 0 atom stereocenters. The minimum atomic E-state index is -3.98. The molecule has 0 unspecified atom stereocenters. The van der Waals surface area contributed by atoms with Crippen molar-refractivity contribution in [2.75, 3.05) is 0 Å². The lowest BCUT2D eigenvalue weighted by Gasteiger charge is -2.21. The molecule has 0 fully saturated rings. The van der Waals surface area contributed by atoms with Crippen molar-refractivity contribution in [1.82, 2.24) is 0 Å². The van der Waals surface area contributed by atoms with Gasteiger partial charge in [0.2, 0.25) is 18.2 Å². The third-order valence-electron chi connectivity index (χ3n) is 5.69. The lowest BCUT2D eigenvalue weighted by Crippen LogP contribution is -2.17. The summed E-state index contributed by atoms with van der Waals surface area (Å²) in [6.07, 6.45) is -0.0784. The van der Waals surface area contributed by atoms with Crippen molar-refractivity contribution >= 4 is 18.2 Å². The van der Waals surface area contributed by atoms with Gasteiger partial charge in [0.05, 0.1) is 0 Å². The molecule has 0 bridgehead atoms. The Labute approximate surface area is 184 Å². The fraction of sp³-hybridized carbons (Fsp3) is 0.259. The van der Waals surface area contributed by atoms with Crippen LogP contribution in [0.3, 0.4) is 0 Å². The lowest BCUT2D eigenvalue weighted by atomic mass is 10.0. The topological polar surface area (TPSA) is 51.2 Å². The van der Waals surface area contributed by atoms with Gasteiger partial charge < -0.3 is 4.57 Å². The second-order valence-electron chi connectivity index (χ2n) is 8.54. The molecule has 3 aromatic rings. The van der Waals surface area contributed by atoms with Crippen LogP contribution in [0.5, 0.6) is 0 Å². The van der Waals surface area contributed by atoms with Gasteiger partial charge in [0.1, 0.15) is 0 Å². The van der Waals surface area contributed by atoms with E-state index in [4.69, 9.17) is 0 Å². The maximum atomic E-state index is 14.5. The Balaban J connectivity index is 2.23. The summed E-state index contributed by atoms with van der Waals surface area (Å²) in [6, 6.07) is 16.8. The SMILES string of the molecule is Cc1cc(C)c(C(=O)P(=O)(Cc2ccccc2)C(=O)c2c(C)cc(C)cc2C)c(C)c1. The van der Waals surface area contributed by atoms with Gasteiger partial charge in [0.25, 0.3) is 0 Å². The molecule has 0 radical (unpaired) electrons. The molecule has 3 rings (SSSR count). The molecule has 0 heterocycles. The van der Waals surface area contributed by atoms with E-state index in [1.54, 1.807) is 0 Å². The van der Waals surface area contributed by atoms with Crippen LogP contribution in [0, 0.1) is 41.5 Å². The van der Waals surface area contributed by atoms with Crippen molar-refractivity contribution in [1.29, 1.82) is 0 Å². The first-order valence-electron chi connectivity index (χ1n) is 10.4. The van der Waals surface area contributed by atoms with Crippen molar-refractivity contribution in [3.8, 4) is 0 Å². The highest BCUT2D eigenvalue weighted by atomic mass is 31.2. The Kier molecular flexibility index (Phi) is 6.48. The number of aryl methyl sites for hydroxylation is 6. The van der Waals surface area contributed by atoms with Crippen LogP contribution in [-0.2, 0) is 10.7 Å². The van der Waals surface area contributed by atoms with Crippen LogP contribution >= 0.6 is 7.14 Å². The molecular formula is C27H29O3P. The van der Waals surface area contributed by atoms with E-state index < -0.39 is 18.2 Å². The molecule has 31 heavy (non-hydrogen) atoms. The standard InChI is InChI=1S/C27H29O3P/c1-17-12-19(3)24(20(4)13-17)26(28)31(30,16-23-10-8-7-9-11-23)27(29)25-21(5)14-18(2)15-22(25)6/h7-15H,16H2,1-6H3. The van der Waals surface area contributed by atoms with Gasteiger partial charge in [-0.15, -0.1) is 0 Å². The molecule has 0 aliphatic carbocycles. The van der Waals surface area contributed by atoms with E-state index in [-0.39, 0.29) is 6.16 Å². The molecule has 0 aliphatic rings. The van der Waals surface area contributed by atoms with Crippen LogP contribution in [-0.4, -0.2) is 11.0 Å². The Morgan fingerprint density at radius 1 is 0.645 bits per heavy atom. The summed E-state index contributed by atoms with van der Waals surface area (Å²) < 4.78 is 14.5. The molecule has 0 N–H and O–H groups in total. The maximum absolute atomic E-state index is 14.5. The molecule has 0 aliphatic heterocycles. The van der Waals surface area contributed by atoms with Crippen LogP contribution in [0.2, 0.25) is 0 Å². The molecule has 0 saturated carbocycles. The average molecular weight is 433 g/mol. The largest absolute Gasteiger partial charge is 0.306 e. The van der Waals surface area contributed by atoms with Crippen molar-refractivity contribution in [2.24, 2.45) is 0 Å². The van der Waals surface area contributed by atoms with E-state index in [1.165, 1.54) is 0 Å². The van der Waals surface area contributed by atoms with Gasteiger partial charge in [0, 0.05) is 17.3 Å². The number of rotatable bonds is 6. The maximum Gasteiger partial charge on any atom is 0.229 e. The van der Waals surface area contributed by atoms with Crippen molar-refractivity contribution < 1.29 is 14.2 Å². The van der Waals surface area contributed by atoms with E-state index in [0.717, 1.165) is 38.9 Å². The van der Waals surface area contributed by atoms with E-state index >= 15 is 0 Å². The monoisotopic (exact) mass is 432 g/mol. The number of carbonyl (C=O) groups excluding carboxylic acids is 2. The Morgan fingerprint density at radius 3 is 1.35 bits per heavy atom. The first-order chi connectivity index (χ1) is 14.5. The van der Waals surface area contributed by atoms with E-state index in [0.29, 0.717) is 11.1 Å². The van der Waals surface area contributed by atoms with Crippen molar-refractivity contribution in [3.05, 3.63) is 105 Å². The van der Waals surface area contributed by atoms with Gasteiger partial charge >= 0.3 is 0 Å². The van der Waals surface area contributed by atoms with E-state index in [9.17, 15) is 14.2 Å². The third kappa shape index (κ3) is 4.48. The van der Waals surface area contributed by atoms with Gasteiger partial charge in [-0.05, 0) is 69.4 Å². The Morgan fingerprint density at radius 2 is 1.00 bits per heavy atom. The molecule has 0 spiro atoms. The number of benzene rings is 3. The Hall–Kier alpha value is -2.77. The van der Waals surface area contributed by atoms with Gasteiger partial charge in [-0.3, -0.25) is 9.59 Å². The molecule has 0 amide bonds.